The molecule has 25 heavy (non-hydrogen) atoms. The van der Waals surface area contributed by atoms with Gasteiger partial charge in [0.1, 0.15) is 5.72 Å². The van der Waals surface area contributed by atoms with E-state index in [4.69, 9.17) is 4.74 Å². The van der Waals surface area contributed by atoms with Crippen molar-refractivity contribution in [3.8, 4) is 0 Å². The fourth-order valence-electron chi connectivity index (χ4n) is 3.01. The molecule has 0 bridgehead atoms. The summed E-state index contributed by atoms with van der Waals surface area (Å²) in [6, 6.07) is 13.7. The molecule has 1 atom stereocenters. The van der Waals surface area contributed by atoms with Gasteiger partial charge in [0, 0.05) is 12.1 Å². The standard InChI is InChI=1S/C17H18N2O5S/c1-17(2)18(16(12-24-17)13-6-4-3-5-7-13)25(22,23)15-10-8-14(9-11-15)19(20)21/h3-11,16H,12H2,1-2H3. The van der Waals surface area contributed by atoms with Gasteiger partial charge in [0.05, 0.1) is 22.5 Å². The van der Waals surface area contributed by atoms with Crippen molar-refractivity contribution < 1.29 is 18.1 Å². The SMILES string of the molecule is CC1(C)OCC(c2ccccc2)N1S(=O)(=O)c1ccc([N+](=O)[O-])cc1. The maximum atomic E-state index is 13.2. The van der Waals surface area contributed by atoms with Crippen LogP contribution in [0.4, 0.5) is 5.69 Å². The molecule has 8 heteroatoms. The summed E-state index contributed by atoms with van der Waals surface area (Å²) in [4.78, 5) is 10.2. The molecular formula is C17H18N2O5S. The first-order valence-corrected chi connectivity index (χ1v) is 9.15. The van der Waals surface area contributed by atoms with Crippen LogP contribution in [0.25, 0.3) is 0 Å². The van der Waals surface area contributed by atoms with Crippen molar-refractivity contribution in [1.82, 2.24) is 4.31 Å². The van der Waals surface area contributed by atoms with E-state index in [1.54, 1.807) is 13.8 Å². The third-order valence-electron chi connectivity index (χ3n) is 4.20. The zero-order chi connectivity index (χ0) is 18.2. The Hall–Kier alpha value is -2.29. The van der Waals surface area contributed by atoms with Gasteiger partial charge in [-0.3, -0.25) is 10.1 Å². The van der Waals surface area contributed by atoms with E-state index < -0.39 is 26.7 Å². The Morgan fingerprint density at radius 1 is 1.12 bits per heavy atom. The maximum Gasteiger partial charge on any atom is 0.269 e. The second-order valence-electron chi connectivity index (χ2n) is 6.24. The molecule has 2 aromatic carbocycles. The van der Waals surface area contributed by atoms with Crippen LogP contribution < -0.4 is 0 Å². The van der Waals surface area contributed by atoms with Gasteiger partial charge in [0.2, 0.25) is 10.0 Å². The number of sulfonamides is 1. The largest absolute Gasteiger partial charge is 0.358 e. The lowest BCUT2D eigenvalue weighted by molar-refractivity contribution is -0.384. The zero-order valence-electron chi connectivity index (χ0n) is 13.8. The predicted octanol–water partition coefficient (Wildman–Crippen LogP) is 3.09. The fraction of sp³-hybridized carbons (Fsp3) is 0.294. The molecule has 1 aliphatic rings. The maximum absolute atomic E-state index is 13.2. The number of non-ortho nitro benzene ring substituents is 1. The Bertz CT molecular complexity index is 879. The third-order valence-corrected chi connectivity index (χ3v) is 6.28. The van der Waals surface area contributed by atoms with E-state index >= 15 is 0 Å². The molecule has 0 N–H and O–H groups in total. The van der Waals surface area contributed by atoms with Crippen LogP contribution in [-0.4, -0.2) is 30.0 Å². The molecule has 2 aromatic rings. The molecule has 0 saturated carbocycles. The number of hydrogen-bond acceptors (Lipinski definition) is 5. The number of nitrogens with zero attached hydrogens (tertiary/aromatic N) is 2. The Labute approximate surface area is 146 Å². The van der Waals surface area contributed by atoms with E-state index in [0.29, 0.717) is 0 Å². The van der Waals surface area contributed by atoms with Gasteiger partial charge >= 0.3 is 0 Å². The summed E-state index contributed by atoms with van der Waals surface area (Å²) in [5.41, 5.74) is -0.352. The van der Waals surface area contributed by atoms with Crippen LogP contribution >= 0.6 is 0 Å². The van der Waals surface area contributed by atoms with E-state index in [0.717, 1.165) is 5.56 Å². The van der Waals surface area contributed by atoms with E-state index in [2.05, 4.69) is 0 Å². The van der Waals surface area contributed by atoms with E-state index in [-0.39, 0.29) is 17.2 Å². The van der Waals surface area contributed by atoms with Gasteiger partial charge in [-0.05, 0) is 31.5 Å². The highest BCUT2D eigenvalue weighted by molar-refractivity contribution is 7.89. The van der Waals surface area contributed by atoms with Crippen LogP contribution in [-0.2, 0) is 14.8 Å². The average Bonchev–Trinajstić information content (AvgIpc) is 2.91. The van der Waals surface area contributed by atoms with Gasteiger partial charge in [-0.2, -0.15) is 4.31 Å². The van der Waals surface area contributed by atoms with Crippen molar-refractivity contribution in [2.75, 3.05) is 6.61 Å². The highest BCUT2D eigenvalue weighted by atomic mass is 32.2. The summed E-state index contributed by atoms with van der Waals surface area (Å²) >= 11 is 0. The normalized spacial score (nSPS) is 20.5. The highest BCUT2D eigenvalue weighted by Crippen LogP contribution is 2.41. The van der Waals surface area contributed by atoms with Gasteiger partial charge in [-0.15, -0.1) is 0 Å². The summed E-state index contributed by atoms with van der Waals surface area (Å²) in [5.74, 6) is 0. The van der Waals surface area contributed by atoms with Crippen molar-refractivity contribution in [2.24, 2.45) is 0 Å². The monoisotopic (exact) mass is 362 g/mol. The van der Waals surface area contributed by atoms with Crippen LogP contribution in [0, 0.1) is 10.1 Å². The molecular weight excluding hydrogens is 344 g/mol. The number of ether oxygens (including phenoxy) is 1. The lowest BCUT2D eigenvalue weighted by Gasteiger charge is -2.32. The minimum absolute atomic E-state index is 0.00222. The first kappa shape index (κ1) is 17.5. The van der Waals surface area contributed by atoms with Crippen molar-refractivity contribution in [3.05, 3.63) is 70.3 Å². The Kier molecular flexibility index (Phi) is 4.36. The van der Waals surface area contributed by atoms with Gasteiger partial charge in [0.25, 0.3) is 5.69 Å². The molecule has 0 aliphatic carbocycles. The minimum atomic E-state index is -3.90. The van der Waals surface area contributed by atoms with Crippen molar-refractivity contribution in [3.63, 3.8) is 0 Å². The summed E-state index contributed by atoms with van der Waals surface area (Å²) < 4.78 is 33.4. The predicted molar refractivity (Wildman–Crippen MR) is 91.3 cm³/mol. The summed E-state index contributed by atoms with van der Waals surface area (Å²) in [6.07, 6.45) is 0. The molecule has 1 aliphatic heterocycles. The molecule has 1 fully saturated rings. The zero-order valence-corrected chi connectivity index (χ0v) is 14.6. The van der Waals surface area contributed by atoms with E-state index in [1.165, 1.54) is 28.6 Å². The van der Waals surface area contributed by atoms with Crippen molar-refractivity contribution in [1.29, 1.82) is 0 Å². The van der Waals surface area contributed by atoms with Crippen molar-refractivity contribution in [2.45, 2.75) is 30.5 Å². The van der Waals surface area contributed by atoms with Crippen LogP contribution in [0.1, 0.15) is 25.5 Å². The van der Waals surface area contributed by atoms with Crippen LogP contribution in [0.5, 0.6) is 0 Å². The second kappa shape index (κ2) is 6.21. The highest BCUT2D eigenvalue weighted by Gasteiger charge is 2.49. The summed E-state index contributed by atoms with van der Waals surface area (Å²) in [5, 5.41) is 10.8. The van der Waals surface area contributed by atoms with E-state index in [9.17, 15) is 18.5 Å². The number of benzene rings is 2. The second-order valence-corrected chi connectivity index (χ2v) is 8.05. The smallest absolute Gasteiger partial charge is 0.269 e. The Morgan fingerprint density at radius 3 is 2.28 bits per heavy atom. The minimum Gasteiger partial charge on any atom is -0.358 e. The van der Waals surface area contributed by atoms with E-state index in [1.807, 2.05) is 30.3 Å². The molecule has 0 aromatic heterocycles. The number of rotatable bonds is 4. The molecule has 7 nitrogen and oxygen atoms in total. The molecule has 0 radical (unpaired) electrons. The molecule has 132 valence electrons. The Balaban J connectivity index is 2.04. The average molecular weight is 362 g/mol. The molecule has 1 unspecified atom stereocenters. The van der Waals surface area contributed by atoms with Gasteiger partial charge in [0.15, 0.2) is 0 Å². The fourth-order valence-corrected chi connectivity index (χ4v) is 4.86. The van der Waals surface area contributed by atoms with Crippen molar-refractivity contribution >= 4 is 15.7 Å². The number of nitro groups is 1. The third kappa shape index (κ3) is 3.15. The first-order chi connectivity index (χ1) is 11.7. The molecule has 0 spiro atoms. The van der Waals surface area contributed by atoms with Crippen LogP contribution in [0.2, 0.25) is 0 Å². The molecule has 0 amide bonds. The number of nitro benzene ring substituents is 1. The number of hydrogen-bond donors (Lipinski definition) is 0. The van der Waals surface area contributed by atoms with Gasteiger partial charge < -0.3 is 4.74 Å². The van der Waals surface area contributed by atoms with Crippen LogP contribution in [0.3, 0.4) is 0 Å². The summed E-state index contributed by atoms with van der Waals surface area (Å²) in [7, 11) is -3.90. The quantitative estimate of drug-likeness (QED) is 0.616. The van der Waals surface area contributed by atoms with Gasteiger partial charge in [-0.1, -0.05) is 30.3 Å². The Morgan fingerprint density at radius 2 is 1.72 bits per heavy atom. The lowest BCUT2D eigenvalue weighted by atomic mass is 10.1. The molecule has 3 rings (SSSR count). The molecule has 1 saturated heterocycles. The summed E-state index contributed by atoms with van der Waals surface area (Å²) in [6.45, 7) is 3.63. The van der Waals surface area contributed by atoms with Crippen LogP contribution in [0.15, 0.2) is 59.5 Å². The topological polar surface area (TPSA) is 89.8 Å². The lowest BCUT2D eigenvalue weighted by Crippen LogP contribution is -2.44. The molecule has 1 heterocycles. The first-order valence-electron chi connectivity index (χ1n) is 7.71. The van der Waals surface area contributed by atoms with Gasteiger partial charge in [-0.25, -0.2) is 8.42 Å².